The van der Waals surface area contributed by atoms with Gasteiger partial charge in [0, 0.05) is 32.2 Å². The lowest BCUT2D eigenvalue weighted by molar-refractivity contribution is 0.630. The minimum Gasteiger partial charge on any atom is -0.277 e. The maximum atomic E-state index is 5.55. The predicted octanol–water partition coefficient (Wildman–Crippen LogP) is 10.4. The summed E-state index contributed by atoms with van der Waals surface area (Å²) >= 11 is 1.87. The van der Waals surface area contributed by atoms with Crippen molar-refractivity contribution in [1.82, 2.24) is 4.57 Å². The van der Waals surface area contributed by atoms with Crippen LogP contribution in [-0.2, 0) is 0 Å². The number of hydrogen-bond donors (Lipinski definition) is 0. The molecule has 3 heterocycles. The van der Waals surface area contributed by atoms with Crippen molar-refractivity contribution in [3.05, 3.63) is 150 Å². The fourth-order valence-corrected chi connectivity index (χ4v) is 8.73. The molecule has 8 aromatic rings. The van der Waals surface area contributed by atoms with Gasteiger partial charge in [-0.15, -0.1) is 11.3 Å². The Labute approximate surface area is 257 Å². The van der Waals surface area contributed by atoms with Gasteiger partial charge in [0.05, 0.1) is 27.5 Å². The lowest BCUT2D eigenvalue weighted by atomic mass is 9.80. The summed E-state index contributed by atoms with van der Waals surface area (Å²) in [6.45, 7) is 0. The number of aliphatic imine (C=N–C) groups is 2. The maximum absolute atomic E-state index is 5.55. The highest BCUT2D eigenvalue weighted by molar-refractivity contribution is 7.27. The molecule has 1 aliphatic carbocycles. The van der Waals surface area contributed by atoms with Gasteiger partial charge in [0.2, 0.25) is 5.96 Å². The minimum absolute atomic E-state index is 0.0616. The van der Waals surface area contributed by atoms with E-state index in [1.165, 1.54) is 58.4 Å². The van der Waals surface area contributed by atoms with E-state index >= 15 is 0 Å². The van der Waals surface area contributed by atoms with E-state index in [0.717, 1.165) is 22.8 Å². The highest BCUT2D eigenvalue weighted by atomic mass is 32.1. The summed E-state index contributed by atoms with van der Waals surface area (Å²) in [4.78, 5) is 11.0. The molecule has 2 aliphatic rings. The highest BCUT2D eigenvalue weighted by Gasteiger charge is 2.35. The summed E-state index contributed by atoms with van der Waals surface area (Å²) in [7, 11) is 0. The van der Waals surface area contributed by atoms with Crippen LogP contribution in [0.4, 0.5) is 0 Å². The first kappa shape index (κ1) is 24.2. The fourth-order valence-electron chi connectivity index (χ4n) is 7.47. The van der Waals surface area contributed by atoms with Crippen LogP contribution in [0.15, 0.2) is 143 Å². The van der Waals surface area contributed by atoms with Crippen LogP contribution < -0.4 is 0 Å². The van der Waals surface area contributed by atoms with E-state index in [2.05, 4.69) is 144 Å². The Kier molecular flexibility index (Phi) is 4.99. The Balaban J connectivity index is 1.39. The zero-order valence-electron chi connectivity index (χ0n) is 23.7. The standard InChI is InChI=1S/C40H25N3S/c1-2-13-25(14-3-1)36-31-23-22-24-12-4-5-15-26(24)37(31)42-40(41-36)43-32-20-10-8-18-29(32)34-27-16-6-7-17-28(27)35-30-19-9-11-21-33(30)44-39(35)38(34)43/h1-23,31,37H. The zero-order chi connectivity index (χ0) is 28.8. The predicted molar refractivity (Wildman–Crippen MR) is 187 cm³/mol. The summed E-state index contributed by atoms with van der Waals surface area (Å²) in [6, 6.07) is 45.7. The third-order valence-corrected chi connectivity index (χ3v) is 10.5. The molecular weight excluding hydrogens is 555 g/mol. The third kappa shape index (κ3) is 3.26. The summed E-state index contributed by atoms with van der Waals surface area (Å²) in [5.74, 6) is 0.810. The number of nitrogens with zero attached hydrogens (tertiary/aromatic N) is 3. The van der Waals surface area contributed by atoms with Crippen LogP contribution in [0.3, 0.4) is 0 Å². The van der Waals surface area contributed by atoms with Crippen LogP contribution in [0.25, 0.3) is 58.8 Å². The smallest absolute Gasteiger partial charge is 0.230 e. The lowest BCUT2D eigenvalue weighted by Crippen LogP contribution is -2.30. The number of thiophene rings is 1. The van der Waals surface area contributed by atoms with Crippen LogP contribution in [0.1, 0.15) is 22.7 Å². The minimum atomic E-state index is -0.0616. The van der Waals surface area contributed by atoms with Crippen LogP contribution in [0, 0.1) is 5.92 Å². The normalized spacial score (nSPS) is 17.7. The van der Waals surface area contributed by atoms with Gasteiger partial charge in [-0.25, -0.2) is 9.98 Å². The molecule has 44 heavy (non-hydrogen) atoms. The van der Waals surface area contributed by atoms with Crippen LogP contribution in [0.5, 0.6) is 0 Å². The molecule has 0 fully saturated rings. The van der Waals surface area contributed by atoms with Gasteiger partial charge in [-0.3, -0.25) is 4.57 Å². The van der Waals surface area contributed by atoms with Crippen LogP contribution >= 0.6 is 11.3 Å². The molecule has 0 saturated carbocycles. The average molecular weight is 580 g/mol. The molecule has 2 aromatic heterocycles. The topological polar surface area (TPSA) is 29.6 Å². The first-order valence-corrected chi connectivity index (χ1v) is 15.9. The Hall–Kier alpha value is -5.32. The molecule has 0 N–H and O–H groups in total. The molecule has 1 aliphatic heterocycles. The Morgan fingerprint density at radius 1 is 0.614 bits per heavy atom. The molecule has 206 valence electrons. The van der Waals surface area contributed by atoms with Crippen LogP contribution in [-0.4, -0.2) is 16.2 Å². The van der Waals surface area contributed by atoms with Crippen molar-refractivity contribution in [3.63, 3.8) is 0 Å². The molecule has 2 atom stereocenters. The average Bonchev–Trinajstić information content (AvgIpc) is 3.65. The van der Waals surface area contributed by atoms with Gasteiger partial charge in [0.15, 0.2) is 0 Å². The summed E-state index contributed by atoms with van der Waals surface area (Å²) in [5.41, 5.74) is 6.99. The van der Waals surface area contributed by atoms with E-state index in [0.29, 0.717) is 0 Å². The van der Waals surface area contributed by atoms with Crippen molar-refractivity contribution >= 4 is 81.8 Å². The molecule has 10 rings (SSSR count). The van der Waals surface area contributed by atoms with Crippen molar-refractivity contribution in [2.75, 3.05) is 0 Å². The second-order valence-corrected chi connectivity index (χ2v) is 12.7. The van der Waals surface area contributed by atoms with Gasteiger partial charge < -0.3 is 0 Å². The number of benzene rings is 6. The van der Waals surface area contributed by atoms with Gasteiger partial charge in [-0.05, 0) is 39.6 Å². The van der Waals surface area contributed by atoms with Crippen molar-refractivity contribution in [3.8, 4) is 0 Å². The van der Waals surface area contributed by atoms with Gasteiger partial charge >= 0.3 is 0 Å². The van der Waals surface area contributed by atoms with Crippen molar-refractivity contribution < 1.29 is 0 Å². The largest absolute Gasteiger partial charge is 0.277 e. The highest BCUT2D eigenvalue weighted by Crippen LogP contribution is 2.48. The first-order chi connectivity index (χ1) is 21.8. The van der Waals surface area contributed by atoms with Crippen molar-refractivity contribution in [2.24, 2.45) is 15.9 Å². The Bertz CT molecular complexity index is 2560. The number of hydrogen-bond acceptors (Lipinski definition) is 3. The Morgan fingerprint density at radius 2 is 1.30 bits per heavy atom. The molecule has 6 aromatic carbocycles. The zero-order valence-corrected chi connectivity index (χ0v) is 24.5. The van der Waals surface area contributed by atoms with E-state index in [4.69, 9.17) is 9.98 Å². The summed E-state index contributed by atoms with van der Waals surface area (Å²) in [5, 5.41) is 7.66. The van der Waals surface area contributed by atoms with Crippen molar-refractivity contribution in [1.29, 1.82) is 0 Å². The number of rotatable bonds is 1. The monoisotopic (exact) mass is 579 g/mol. The van der Waals surface area contributed by atoms with Gasteiger partial charge in [0.25, 0.3) is 0 Å². The van der Waals surface area contributed by atoms with E-state index in [1.807, 2.05) is 11.3 Å². The summed E-state index contributed by atoms with van der Waals surface area (Å²) in [6.07, 6.45) is 4.53. The molecule has 2 unspecified atom stereocenters. The molecule has 3 nitrogen and oxygen atoms in total. The second kappa shape index (κ2) is 9.09. The molecular formula is C40H25N3S. The van der Waals surface area contributed by atoms with Gasteiger partial charge in [-0.1, -0.05) is 127 Å². The molecule has 4 heteroatoms. The number of aromatic nitrogens is 1. The third-order valence-electron chi connectivity index (χ3n) is 9.35. The fraction of sp³-hybridized carbons (Fsp3) is 0.0500. The SMILES string of the molecule is C1=CC2C(c3ccccc3)=NC(n3c4ccccc4c4c5ccccc5c5c6ccccc6sc5c43)=NC2c2ccccc21. The molecule has 0 spiro atoms. The van der Waals surface area contributed by atoms with Gasteiger partial charge in [-0.2, -0.15) is 0 Å². The van der Waals surface area contributed by atoms with Gasteiger partial charge in [0.1, 0.15) is 0 Å². The van der Waals surface area contributed by atoms with E-state index in [9.17, 15) is 0 Å². The van der Waals surface area contributed by atoms with E-state index in [1.54, 1.807) is 0 Å². The lowest BCUT2D eigenvalue weighted by Gasteiger charge is -2.32. The molecule has 0 bridgehead atoms. The summed E-state index contributed by atoms with van der Waals surface area (Å²) < 4.78 is 4.93. The molecule has 0 radical (unpaired) electrons. The number of para-hydroxylation sites is 1. The van der Waals surface area contributed by atoms with Crippen LogP contribution in [0.2, 0.25) is 0 Å². The van der Waals surface area contributed by atoms with Crippen molar-refractivity contribution in [2.45, 2.75) is 6.04 Å². The molecule has 0 saturated heterocycles. The maximum Gasteiger partial charge on any atom is 0.230 e. The number of fused-ring (bicyclic) bond motifs is 13. The molecule has 0 amide bonds. The van der Waals surface area contributed by atoms with E-state index < -0.39 is 0 Å². The second-order valence-electron chi connectivity index (χ2n) is 11.7. The quantitative estimate of drug-likeness (QED) is 0.185. The first-order valence-electron chi connectivity index (χ1n) is 15.1. The Morgan fingerprint density at radius 3 is 2.16 bits per heavy atom. The van der Waals surface area contributed by atoms with E-state index in [-0.39, 0.29) is 12.0 Å².